The zero-order valence-corrected chi connectivity index (χ0v) is 11.9. The van der Waals surface area contributed by atoms with Gasteiger partial charge in [-0.2, -0.15) is 5.10 Å². The van der Waals surface area contributed by atoms with E-state index in [-0.39, 0.29) is 0 Å². The molecule has 0 radical (unpaired) electrons. The van der Waals surface area contributed by atoms with Crippen molar-refractivity contribution in [3.05, 3.63) is 40.6 Å². The molecule has 1 aromatic heterocycles. The number of hydrogen-bond donors (Lipinski definition) is 1. The first-order valence-corrected chi connectivity index (χ1v) is 7.05. The van der Waals surface area contributed by atoms with Crippen LogP contribution in [-0.2, 0) is 0 Å². The van der Waals surface area contributed by atoms with Crippen LogP contribution in [0, 0.1) is 6.92 Å². The minimum absolute atomic E-state index is 0.509. The summed E-state index contributed by atoms with van der Waals surface area (Å²) in [6.45, 7) is 4.26. The Morgan fingerprint density at radius 2 is 2.33 bits per heavy atom. The zero-order valence-electron chi connectivity index (χ0n) is 10.4. The van der Waals surface area contributed by atoms with Crippen molar-refractivity contribution >= 4 is 15.9 Å². The van der Waals surface area contributed by atoms with E-state index in [1.54, 1.807) is 0 Å². The van der Waals surface area contributed by atoms with Crippen LogP contribution >= 0.6 is 15.9 Å². The van der Waals surface area contributed by atoms with E-state index in [0.29, 0.717) is 6.04 Å². The van der Waals surface area contributed by atoms with Crippen molar-refractivity contribution in [2.24, 2.45) is 0 Å². The van der Waals surface area contributed by atoms with Crippen LogP contribution in [0.25, 0.3) is 11.1 Å². The highest BCUT2D eigenvalue weighted by Crippen LogP contribution is 2.27. The number of halogens is 1. The molecule has 2 heterocycles. The molecule has 1 aliphatic rings. The number of aryl methyl sites for hydroxylation is 1. The van der Waals surface area contributed by atoms with Crippen molar-refractivity contribution in [3.63, 3.8) is 0 Å². The number of aromatic nitrogens is 2. The van der Waals surface area contributed by atoms with E-state index in [2.05, 4.69) is 62.3 Å². The quantitative estimate of drug-likeness (QED) is 0.923. The van der Waals surface area contributed by atoms with Crippen molar-refractivity contribution in [1.82, 2.24) is 15.1 Å². The summed E-state index contributed by atoms with van der Waals surface area (Å²) in [6, 6.07) is 6.88. The summed E-state index contributed by atoms with van der Waals surface area (Å²) < 4.78 is 3.22. The van der Waals surface area contributed by atoms with Crippen molar-refractivity contribution in [2.75, 3.05) is 13.1 Å². The van der Waals surface area contributed by atoms with Gasteiger partial charge >= 0.3 is 0 Å². The Labute approximate surface area is 115 Å². The summed E-state index contributed by atoms with van der Waals surface area (Å²) in [4.78, 5) is 0. The van der Waals surface area contributed by atoms with Crippen molar-refractivity contribution < 1.29 is 0 Å². The number of nitrogens with one attached hydrogen (secondary N) is 1. The van der Waals surface area contributed by atoms with Crippen LogP contribution in [0.15, 0.2) is 35.1 Å². The molecular formula is C14H16BrN3. The fourth-order valence-corrected chi connectivity index (χ4v) is 2.97. The Morgan fingerprint density at radius 3 is 3.06 bits per heavy atom. The number of benzene rings is 1. The number of rotatable bonds is 2. The van der Waals surface area contributed by atoms with Gasteiger partial charge in [-0.3, -0.25) is 4.68 Å². The van der Waals surface area contributed by atoms with Gasteiger partial charge in [-0.05, 0) is 43.1 Å². The van der Waals surface area contributed by atoms with Gasteiger partial charge in [-0.25, -0.2) is 0 Å². The molecule has 0 bridgehead atoms. The van der Waals surface area contributed by atoms with E-state index < -0.39 is 0 Å². The van der Waals surface area contributed by atoms with Gasteiger partial charge in [0.15, 0.2) is 0 Å². The van der Waals surface area contributed by atoms with Gasteiger partial charge in [0.2, 0.25) is 0 Å². The standard InChI is InChI=1S/C14H16BrN3/c1-10-6-12(15)2-3-14(10)11-7-17-18(9-11)13-4-5-16-8-13/h2-3,6-7,9,13,16H,4-5,8H2,1H3. The molecule has 94 valence electrons. The van der Waals surface area contributed by atoms with Crippen LogP contribution in [0.2, 0.25) is 0 Å². The summed E-state index contributed by atoms with van der Waals surface area (Å²) in [7, 11) is 0. The highest BCUT2D eigenvalue weighted by Gasteiger charge is 2.17. The van der Waals surface area contributed by atoms with Gasteiger partial charge < -0.3 is 5.32 Å². The summed E-state index contributed by atoms with van der Waals surface area (Å²) in [5.41, 5.74) is 3.73. The highest BCUT2D eigenvalue weighted by atomic mass is 79.9. The Morgan fingerprint density at radius 1 is 1.44 bits per heavy atom. The molecular weight excluding hydrogens is 290 g/mol. The van der Waals surface area contributed by atoms with Gasteiger partial charge in [-0.1, -0.05) is 22.0 Å². The lowest BCUT2D eigenvalue weighted by Crippen LogP contribution is -2.13. The molecule has 4 heteroatoms. The molecule has 3 nitrogen and oxygen atoms in total. The monoisotopic (exact) mass is 305 g/mol. The Hall–Kier alpha value is -1.13. The van der Waals surface area contributed by atoms with Gasteiger partial charge in [-0.15, -0.1) is 0 Å². The largest absolute Gasteiger partial charge is 0.315 e. The smallest absolute Gasteiger partial charge is 0.0655 e. The lowest BCUT2D eigenvalue weighted by molar-refractivity contribution is 0.491. The molecule has 0 saturated carbocycles. The second kappa shape index (κ2) is 4.86. The molecule has 1 N–H and O–H groups in total. The highest BCUT2D eigenvalue weighted by molar-refractivity contribution is 9.10. The lowest BCUT2D eigenvalue weighted by Gasteiger charge is -2.08. The molecule has 0 amide bonds. The van der Waals surface area contributed by atoms with E-state index in [4.69, 9.17) is 0 Å². The molecule has 1 fully saturated rings. The third kappa shape index (κ3) is 2.22. The van der Waals surface area contributed by atoms with E-state index >= 15 is 0 Å². The first kappa shape index (κ1) is 11.9. The van der Waals surface area contributed by atoms with Crippen molar-refractivity contribution in [3.8, 4) is 11.1 Å². The molecule has 3 rings (SSSR count). The van der Waals surface area contributed by atoms with Crippen LogP contribution in [0.5, 0.6) is 0 Å². The fraction of sp³-hybridized carbons (Fsp3) is 0.357. The van der Waals surface area contributed by atoms with Crippen LogP contribution in [0.3, 0.4) is 0 Å². The molecule has 1 atom stereocenters. The molecule has 1 aliphatic heterocycles. The molecule has 1 unspecified atom stereocenters. The first-order valence-electron chi connectivity index (χ1n) is 6.25. The summed E-state index contributed by atoms with van der Waals surface area (Å²) >= 11 is 3.50. The van der Waals surface area contributed by atoms with Gasteiger partial charge in [0.1, 0.15) is 0 Å². The topological polar surface area (TPSA) is 29.9 Å². The van der Waals surface area contributed by atoms with E-state index in [0.717, 1.165) is 17.6 Å². The van der Waals surface area contributed by atoms with E-state index in [1.807, 2.05) is 6.20 Å². The predicted octanol–water partition coefficient (Wildman–Crippen LogP) is 3.16. The molecule has 18 heavy (non-hydrogen) atoms. The van der Waals surface area contributed by atoms with Crippen LogP contribution in [0.4, 0.5) is 0 Å². The molecule has 1 saturated heterocycles. The molecule has 0 spiro atoms. The summed E-state index contributed by atoms with van der Waals surface area (Å²) in [5, 5.41) is 7.87. The maximum atomic E-state index is 4.50. The van der Waals surface area contributed by atoms with Gasteiger partial charge in [0.05, 0.1) is 12.2 Å². The molecule has 0 aliphatic carbocycles. The summed E-state index contributed by atoms with van der Waals surface area (Å²) in [6.07, 6.45) is 5.29. The average Bonchev–Trinajstić information content (AvgIpc) is 2.99. The normalized spacial score (nSPS) is 19.3. The third-order valence-electron chi connectivity index (χ3n) is 3.51. The number of nitrogens with zero attached hydrogens (tertiary/aromatic N) is 2. The van der Waals surface area contributed by atoms with Crippen LogP contribution in [0.1, 0.15) is 18.0 Å². The SMILES string of the molecule is Cc1cc(Br)ccc1-c1cnn(C2CCNC2)c1. The summed E-state index contributed by atoms with van der Waals surface area (Å²) in [5.74, 6) is 0. The fourth-order valence-electron chi connectivity index (χ4n) is 2.49. The van der Waals surface area contributed by atoms with Gasteiger partial charge in [0.25, 0.3) is 0 Å². The van der Waals surface area contributed by atoms with E-state index in [9.17, 15) is 0 Å². The Balaban J connectivity index is 1.92. The minimum atomic E-state index is 0.509. The third-order valence-corrected chi connectivity index (χ3v) is 4.00. The average molecular weight is 306 g/mol. The maximum absolute atomic E-state index is 4.50. The van der Waals surface area contributed by atoms with Gasteiger partial charge in [0, 0.05) is 22.8 Å². The first-order chi connectivity index (χ1) is 8.74. The van der Waals surface area contributed by atoms with E-state index in [1.165, 1.54) is 23.1 Å². The zero-order chi connectivity index (χ0) is 12.5. The second-order valence-electron chi connectivity index (χ2n) is 4.81. The van der Waals surface area contributed by atoms with Crippen LogP contribution < -0.4 is 5.32 Å². The lowest BCUT2D eigenvalue weighted by atomic mass is 10.0. The van der Waals surface area contributed by atoms with Crippen molar-refractivity contribution in [1.29, 1.82) is 0 Å². The van der Waals surface area contributed by atoms with Crippen LogP contribution in [-0.4, -0.2) is 22.9 Å². The number of hydrogen-bond acceptors (Lipinski definition) is 2. The van der Waals surface area contributed by atoms with Crippen molar-refractivity contribution in [2.45, 2.75) is 19.4 Å². The molecule has 2 aromatic rings. The minimum Gasteiger partial charge on any atom is -0.315 e. The second-order valence-corrected chi connectivity index (χ2v) is 5.73. The Kier molecular flexibility index (Phi) is 3.22. The molecule has 1 aromatic carbocycles. The predicted molar refractivity (Wildman–Crippen MR) is 76.6 cm³/mol. The maximum Gasteiger partial charge on any atom is 0.0655 e. The Bertz CT molecular complexity index is 556.